The van der Waals surface area contributed by atoms with Gasteiger partial charge in [-0.05, 0) is 38.8 Å². The Labute approximate surface area is 68.7 Å². The molecule has 0 aromatic carbocycles. The average Bonchev–Trinajstić information content (AvgIpc) is 2.70. The molecule has 2 rings (SSSR count). The molecule has 0 spiro atoms. The second-order valence-electron chi connectivity index (χ2n) is 4.20. The maximum atomic E-state index is 6.04. The van der Waals surface area contributed by atoms with Crippen molar-refractivity contribution in [2.24, 2.45) is 5.73 Å². The van der Waals surface area contributed by atoms with Crippen LogP contribution in [0.3, 0.4) is 0 Å². The lowest BCUT2D eigenvalue weighted by Crippen LogP contribution is -2.41. The normalized spacial score (nSPS) is 30.3. The molecule has 1 aliphatic carbocycles. The third kappa shape index (κ3) is 1.94. The van der Waals surface area contributed by atoms with E-state index in [0.29, 0.717) is 0 Å². The van der Waals surface area contributed by atoms with Crippen molar-refractivity contribution >= 4 is 0 Å². The van der Waals surface area contributed by atoms with Crippen LogP contribution in [-0.2, 0) is 0 Å². The Morgan fingerprint density at radius 3 is 2.27 bits per heavy atom. The van der Waals surface area contributed by atoms with Gasteiger partial charge in [0.25, 0.3) is 0 Å². The fraction of sp³-hybridized carbons (Fsp3) is 1.00. The van der Waals surface area contributed by atoms with E-state index in [0.717, 1.165) is 6.54 Å². The Morgan fingerprint density at radius 1 is 1.09 bits per heavy atom. The molecule has 0 bridgehead atoms. The zero-order valence-corrected chi connectivity index (χ0v) is 7.18. The van der Waals surface area contributed by atoms with Gasteiger partial charge in [0.15, 0.2) is 0 Å². The largest absolute Gasteiger partial charge is 0.324 e. The summed E-state index contributed by atoms with van der Waals surface area (Å²) in [6, 6.07) is 0. The van der Waals surface area contributed by atoms with Crippen LogP contribution in [0.5, 0.6) is 0 Å². The first-order valence-electron chi connectivity index (χ1n) is 4.80. The van der Waals surface area contributed by atoms with Gasteiger partial charge >= 0.3 is 0 Å². The van der Waals surface area contributed by atoms with E-state index >= 15 is 0 Å². The lowest BCUT2D eigenvalue weighted by molar-refractivity contribution is 0.211. The standard InChI is InChI=1S/C9H18N2/c10-9(4-5-9)8-11-6-2-1-3-7-11/h1-8,10H2. The topological polar surface area (TPSA) is 29.3 Å². The summed E-state index contributed by atoms with van der Waals surface area (Å²) in [5.41, 5.74) is 6.27. The molecule has 2 fully saturated rings. The van der Waals surface area contributed by atoms with E-state index in [1.165, 1.54) is 45.2 Å². The van der Waals surface area contributed by atoms with Crippen molar-refractivity contribution in [2.45, 2.75) is 37.6 Å². The summed E-state index contributed by atoms with van der Waals surface area (Å²) in [7, 11) is 0. The van der Waals surface area contributed by atoms with Gasteiger partial charge in [-0.2, -0.15) is 0 Å². The summed E-state index contributed by atoms with van der Waals surface area (Å²) in [5.74, 6) is 0. The molecule has 0 radical (unpaired) electrons. The van der Waals surface area contributed by atoms with Crippen molar-refractivity contribution in [3.05, 3.63) is 0 Å². The highest BCUT2D eigenvalue weighted by Crippen LogP contribution is 2.33. The Balaban J connectivity index is 1.76. The van der Waals surface area contributed by atoms with Crippen LogP contribution in [0.25, 0.3) is 0 Å². The van der Waals surface area contributed by atoms with Gasteiger partial charge in [-0.25, -0.2) is 0 Å². The Hall–Kier alpha value is -0.0800. The molecule has 2 heteroatoms. The van der Waals surface area contributed by atoms with E-state index in [4.69, 9.17) is 5.73 Å². The number of nitrogens with zero attached hydrogens (tertiary/aromatic N) is 1. The predicted octanol–water partition coefficient (Wildman–Crippen LogP) is 0.964. The fourth-order valence-corrected chi connectivity index (χ4v) is 1.88. The molecule has 0 amide bonds. The first kappa shape index (κ1) is 7.56. The zero-order valence-electron chi connectivity index (χ0n) is 7.18. The summed E-state index contributed by atoms with van der Waals surface area (Å²) in [6.07, 6.45) is 6.70. The quantitative estimate of drug-likeness (QED) is 0.642. The minimum Gasteiger partial charge on any atom is -0.324 e. The first-order valence-corrected chi connectivity index (χ1v) is 4.80. The second kappa shape index (κ2) is 2.76. The summed E-state index contributed by atoms with van der Waals surface area (Å²) in [4.78, 5) is 2.54. The van der Waals surface area contributed by atoms with Crippen molar-refractivity contribution in [2.75, 3.05) is 19.6 Å². The van der Waals surface area contributed by atoms with Gasteiger partial charge in [-0.1, -0.05) is 6.42 Å². The van der Waals surface area contributed by atoms with E-state index in [-0.39, 0.29) is 5.54 Å². The predicted molar refractivity (Wildman–Crippen MR) is 46.4 cm³/mol. The highest BCUT2D eigenvalue weighted by Gasteiger charge is 2.39. The lowest BCUT2D eigenvalue weighted by atomic mass is 10.1. The van der Waals surface area contributed by atoms with Crippen LogP contribution in [0, 0.1) is 0 Å². The van der Waals surface area contributed by atoms with Gasteiger partial charge in [0.1, 0.15) is 0 Å². The van der Waals surface area contributed by atoms with Crippen LogP contribution >= 0.6 is 0 Å². The molecule has 0 unspecified atom stereocenters. The van der Waals surface area contributed by atoms with Crippen molar-refractivity contribution in [3.8, 4) is 0 Å². The number of hydrogen-bond donors (Lipinski definition) is 1. The number of piperidine rings is 1. The molecule has 2 aliphatic rings. The summed E-state index contributed by atoms with van der Waals surface area (Å²) < 4.78 is 0. The molecule has 1 saturated heterocycles. The summed E-state index contributed by atoms with van der Waals surface area (Å²) >= 11 is 0. The number of nitrogens with two attached hydrogens (primary N) is 1. The highest BCUT2D eigenvalue weighted by molar-refractivity contribution is 5.01. The fourth-order valence-electron chi connectivity index (χ4n) is 1.88. The average molecular weight is 154 g/mol. The number of hydrogen-bond acceptors (Lipinski definition) is 2. The molecule has 1 saturated carbocycles. The summed E-state index contributed by atoms with van der Waals surface area (Å²) in [5, 5.41) is 0. The maximum Gasteiger partial charge on any atom is 0.0284 e. The third-order valence-electron chi connectivity index (χ3n) is 2.88. The molecule has 1 heterocycles. The van der Waals surface area contributed by atoms with Gasteiger partial charge in [-0.15, -0.1) is 0 Å². The molecule has 1 aliphatic heterocycles. The van der Waals surface area contributed by atoms with E-state index in [9.17, 15) is 0 Å². The van der Waals surface area contributed by atoms with Crippen molar-refractivity contribution in [1.29, 1.82) is 0 Å². The van der Waals surface area contributed by atoms with Gasteiger partial charge in [-0.3, -0.25) is 0 Å². The van der Waals surface area contributed by atoms with Gasteiger partial charge in [0.2, 0.25) is 0 Å². The van der Waals surface area contributed by atoms with Crippen LogP contribution in [0.1, 0.15) is 32.1 Å². The van der Waals surface area contributed by atoms with Gasteiger partial charge in [0, 0.05) is 12.1 Å². The molecule has 0 atom stereocenters. The maximum absolute atomic E-state index is 6.04. The molecule has 2 N–H and O–H groups in total. The van der Waals surface area contributed by atoms with E-state index < -0.39 is 0 Å². The molecule has 64 valence electrons. The molecular weight excluding hydrogens is 136 g/mol. The van der Waals surface area contributed by atoms with E-state index in [1.807, 2.05) is 0 Å². The third-order valence-corrected chi connectivity index (χ3v) is 2.88. The van der Waals surface area contributed by atoms with Crippen LogP contribution in [-0.4, -0.2) is 30.1 Å². The van der Waals surface area contributed by atoms with Crippen molar-refractivity contribution in [1.82, 2.24) is 4.90 Å². The van der Waals surface area contributed by atoms with E-state index in [1.54, 1.807) is 0 Å². The zero-order chi connectivity index (χ0) is 7.73. The molecular formula is C9H18N2. The Morgan fingerprint density at radius 2 is 1.73 bits per heavy atom. The van der Waals surface area contributed by atoms with Crippen LogP contribution < -0.4 is 5.73 Å². The van der Waals surface area contributed by atoms with Gasteiger partial charge < -0.3 is 10.6 Å². The van der Waals surface area contributed by atoms with E-state index in [2.05, 4.69) is 4.90 Å². The monoisotopic (exact) mass is 154 g/mol. The van der Waals surface area contributed by atoms with Crippen LogP contribution in [0.15, 0.2) is 0 Å². The second-order valence-corrected chi connectivity index (χ2v) is 4.20. The van der Waals surface area contributed by atoms with Crippen LogP contribution in [0.2, 0.25) is 0 Å². The number of rotatable bonds is 2. The van der Waals surface area contributed by atoms with Gasteiger partial charge in [0.05, 0.1) is 0 Å². The molecule has 11 heavy (non-hydrogen) atoms. The molecule has 2 nitrogen and oxygen atoms in total. The van der Waals surface area contributed by atoms with Crippen molar-refractivity contribution in [3.63, 3.8) is 0 Å². The first-order chi connectivity index (χ1) is 5.29. The Kier molecular flexibility index (Phi) is 1.90. The number of likely N-dealkylation sites (tertiary alicyclic amines) is 1. The molecule has 0 aromatic rings. The minimum atomic E-state index is 0.233. The minimum absolute atomic E-state index is 0.233. The van der Waals surface area contributed by atoms with Crippen molar-refractivity contribution < 1.29 is 0 Å². The lowest BCUT2D eigenvalue weighted by Gasteiger charge is -2.28. The smallest absolute Gasteiger partial charge is 0.0284 e. The summed E-state index contributed by atoms with van der Waals surface area (Å²) in [6.45, 7) is 3.74. The van der Waals surface area contributed by atoms with Crippen LogP contribution in [0.4, 0.5) is 0 Å². The Bertz CT molecular complexity index is 134. The SMILES string of the molecule is NC1(CN2CCCCC2)CC1. The highest BCUT2D eigenvalue weighted by atomic mass is 15.2. The molecule has 0 aromatic heterocycles.